The fourth-order valence-corrected chi connectivity index (χ4v) is 2.60. The second kappa shape index (κ2) is 5.12. The molecule has 0 radical (unpaired) electrons. The van der Waals surface area contributed by atoms with Gasteiger partial charge in [-0.3, -0.25) is 0 Å². The maximum absolute atomic E-state index is 14.3. The van der Waals surface area contributed by atoms with Gasteiger partial charge in [-0.05, 0) is 37.0 Å². The van der Waals surface area contributed by atoms with Crippen molar-refractivity contribution in [3.63, 3.8) is 0 Å². The lowest BCUT2D eigenvalue weighted by atomic mass is 9.87. The van der Waals surface area contributed by atoms with E-state index in [-0.39, 0.29) is 23.4 Å². The summed E-state index contributed by atoms with van der Waals surface area (Å²) < 4.78 is 20.0. The number of ether oxygens (including phenoxy) is 1. The topological polar surface area (TPSA) is 12.5 Å². The van der Waals surface area contributed by atoms with Gasteiger partial charge in [-0.15, -0.1) is 0 Å². The second-order valence-electron chi connectivity index (χ2n) is 6.58. The molecule has 106 valence electrons. The van der Waals surface area contributed by atoms with Crippen molar-refractivity contribution in [3.8, 4) is 0 Å². The van der Waals surface area contributed by atoms with E-state index in [0.29, 0.717) is 5.69 Å². The van der Waals surface area contributed by atoms with Crippen molar-refractivity contribution in [2.75, 3.05) is 18.0 Å². The van der Waals surface area contributed by atoms with Crippen LogP contribution in [0.15, 0.2) is 18.2 Å². The normalized spacial score (nSPS) is 24.6. The Hall–Kier alpha value is -1.09. The first kappa shape index (κ1) is 14.3. The highest BCUT2D eigenvalue weighted by atomic mass is 19.1. The monoisotopic (exact) mass is 265 g/mol. The lowest BCUT2D eigenvalue weighted by Gasteiger charge is -2.37. The molecule has 0 aromatic heterocycles. The molecule has 0 aliphatic carbocycles. The van der Waals surface area contributed by atoms with E-state index in [0.717, 1.165) is 18.7 Å². The van der Waals surface area contributed by atoms with Crippen LogP contribution in [0.3, 0.4) is 0 Å². The zero-order valence-corrected chi connectivity index (χ0v) is 12.5. The minimum absolute atomic E-state index is 0.0229. The molecule has 1 aromatic carbocycles. The fraction of sp³-hybridized carbons (Fsp3) is 0.625. The number of anilines is 1. The van der Waals surface area contributed by atoms with Crippen molar-refractivity contribution in [2.45, 2.75) is 52.2 Å². The molecule has 3 heteroatoms. The molecule has 1 saturated heterocycles. The van der Waals surface area contributed by atoms with Crippen molar-refractivity contribution in [2.24, 2.45) is 0 Å². The average Bonchev–Trinajstić information content (AvgIpc) is 2.26. The average molecular weight is 265 g/mol. The van der Waals surface area contributed by atoms with Crippen LogP contribution < -0.4 is 4.90 Å². The van der Waals surface area contributed by atoms with Crippen LogP contribution in [-0.2, 0) is 10.2 Å². The summed E-state index contributed by atoms with van der Waals surface area (Å²) in [6, 6.07) is 5.60. The molecule has 1 aliphatic heterocycles. The molecular formula is C16H24FNO. The van der Waals surface area contributed by atoms with Crippen LogP contribution in [0.5, 0.6) is 0 Å². The van der Waals surface area contributed by atoms with Gasteiger partial charge in [0, 0.05) is 13.1 Å². The first-order valence-corrected chi connectivity index (χ1v) is 6.98. The van der Waals surface area contributed by atoms with Gasteiger partial charge in [0.15, 0.2) is 0 Å². The van der Waals surface area contributed by atoms with Gasteiger partial charge in [0.2, 0.25) is 0 Å². The van der Waals surface area contributed by atoms with E-state index in [2.05, 4.69) is 25.7 Å². The first-order valence-electron chi connectivity index (χ1n) is 6.98. The van der Waals surface area contributed by atoms with Crippen molar-refractivity contribution in [3.05, 3.63) is 29.6 Å². The lowest BCUT2D eigenvalue weighted by molar-refractivity contribution is -0.00539. The maximum atomic E-state index is 14.3. The molecule has 0 amide bonds. The second-order valence-corrected chi connectivity index (χ2v) is 6.58. The summed E-state index contributed by atoms with van der Waals surface area (Å²) in [6.45, 7) is 11.8. The van der Waals surface area contributed by atoms with Gasteiger partial charge in [0.25, 0.3) is 0 Å². The summed E-state index contributed by atoms with van der Waals surface area (Å²) in [5.41, 5.74) is 1.70. The zero-order chi connectivity index (χ0) is 14.2. The fourth-order valence-electron chi connectivity index (χ4n) is 2.60. The Morgan fingerprint density at radius 1 is 1.16 bits per heavy atom. The van der Waals surface area contributed by atoms with Gasteiger partial charge >= 0.3 is 0 Å². The molecule has 2 rings (SSSR count). The van der Waals surface area contributed by atoms with Crippen LogP contribution >= 0.6 is 0 Å². The molecule has 0 saturated carbocycles. The number of halogens is 1. The van der Waals surface area contributed by atoms with Crippen LogP contribution in [0.1, 0.15) is 40.2 Å². The maximum Gasteiger partial charge on any atom is 0.146 e. The largest absolute Gasteiger partial charge is 0.372 e. The van der Waals surface area contributed by atoms with E-state index in [4.69, 9.17) is 4.74 Å². The molecule has 1 aromatic rings. The Labute approximate surface area is 115 Å². The third kappa shape index (κ3) is 3.27. The zero-order valence-electron chi connectivity index (χ0n) is 12.5. The minimum Gasteiger partial charge on any atom is -0.372 e. The summed E-state index contributed by atoms with van der Waals surface area (Å²) >= 11 is 0. The molecule has 19 heavy (non-hydrogen) atoms. The van der Waals surface area contributed by atoms with E-state index >= 15 is 0 Å². The van der Waals surface area contributed by atoms with Gasteiger partial charge in [0.05, 0.1) is 17.9 Å². The number of hydrogen-bond donors (Lipinski definition) is 0. The van der Waals surface area contributed by atoms with Crippen molar-refractivity contribution in [1.82, 2.24) is 0 Å². The molecule has 2 atom stereocenters. The van der Waals surface area contributed by atoms with E-state index < -0.39 is 0 Å². The molecule has 0 N–H and O–H groups in total. The highest BCUT2D eigenvalue weighted by molar-refractivity contribution is 5.50. The molecule has 2 nitrogen and oxygen atoms in total. The third-order valence-corrected chi connectivity index (χ3v) is 3.57. The van der Waals surface area contributed by atoms with Gasteiger partial charge in [-0.25, -0.2) is 4.39 Å². The Kier molecular flexibility index (Phi) is 3.86. The van der Waals surface area contributed by atoms with Crippen LogP contribution in [0.25, 0.3) is 0 Å². The molecule has 1 fully saturated rings. The van der Waals surface area contributed by atoms with E-state index in [9.17, 15) is 4.39 Å². The molecule has 0 spiro atoms. The number of hydrogen-bond acceptors (Lipinski definition) is 2. The number of benzene rings is 1. The predicted octanol–water partition coefficient (Wildman–Crippen LogP) is 3.74. The van der Waals surface area contributed by atoms with Gasteiger partial charge in [0.1, 0.15) is 5.82 Å². The van der Waals surface area contributed by atoms with Gasteiger partial charge in [-0.2, -0.15) is 0 Å². The Morgan fingerprint density at radius 2 is 1.74 bits per heavy atom. The number of nitrogens with zero attached hydrogens (tertiary/aromatic N) is 1. The SMILES string of the molecule is CC1CN(c2ccc(C(C)(C)C)cc2F)CC(C)O1. The van der Waals surface area contributed by atoms with E-state index in [1.165, 1.54) is 0 Å². The lowest BCUT2D eigenvalue weighted by Crippen LogP contribution is -2.45. The summed E-state index contributed by atoms with van der Waals surface area (Å²) in [6.07, 6.45) is 0.288. The Bertz CT molecular complexity index is 443. The summed E-state index contributed by atoms with van der Waals surface area (Å²) in [5.74, 6) is -0.131. The van der Waals surface area contributed by atoms with Crippen LogP contribution in [0.2, 0.25) is 0 Å². The van der Waals surface area contributed by atoms with Crippen LogP contribution in [0, 0.1) is 5.82 Å². The number of rotatable bonds is 1. The van der Waals surface area contributed by atoms with Gasteiger partial charge < -0.3 is 9.64 Å². The number of morpholine rings is 1. The highest BCUT2D eigenvalue weighted by Crippen LogP contribution is 2.29. The van der Waals surface area contributed by atoms with Gasteiger partial charge in [-0.1, -0.05) is 26.8 Å². The predicted molar refractivity (Wildman–Crippen MR) is 77.3 cm³/mol. The van der Waals surface area contributed by atoms with Crippen LogP contribution in [0.4, 0.5) is 10.1 Å². The van der Waals surface area contributed by atoms with Crippen molar-refractivity contribution >= 4 is 5.69 Å². The van der Waals surface area contributed by atoms with E-state index in [1.54, 1.807) is 6.07 Å². The minimum atomic E-state index is -0.131. The molecule has 1 aliphatic rings. The smallest absolute Gasteiger partial charge is 0.146 e. The standard InChI is InChI=1S/C16H24FNO/c1-11-9-18(10-12(2)19-11)15-7-6-13(8-14(15)17)16(3,4)5/h6-8,11-12H,9-10H2,1-5H3. The molecule has 0 bridgehead atoms. The van der Waals surface area contributed by atoms with E-state index in [1.807, 2.05) is 26.0 Å². The quantitative estimate of drug-likeness (QED) is 0.767. The summed E-state index contributed by atoms with van der Waals surface area (Å²) in [5, 5.41) is 0. The third-order valence-electron chi connectivity index (χ3n) is 3.57. The van der Waals surface area contributed by atoms with Crippen LogP contribution in [-0.4, -0.2) is 25.3 Å². The summed E-state index contributed by atoms with van der Waals surface area (Å²) in [4.78, 5) is 2.08. The summed E-state index contributed by atoms with van der Waals surface area (Å²) in [7, 11) is 0. The highest BCUT2D eigenvalue weighted by Gasteiger charge is 2.25. The Morgan fingerprint density at radius 3 is 2.21 bits per heavy atom. The molecular weight excluding hydrogens is 241 g/mol. The van der Waals surface area contributed by atoms with Crippen molar-refractivity contribution in [1.29, 1.82) is 0 Å². The first-order chi connectivity index (χ1) is 8.77. The molecule has 2 unspecified atom stereocenters. The Balaban J connectivity index is 2.26. The van der Waals surface area contributed by atoms with Crippen molar-refractivity contribution < 1.29 is 9.13 Å². The molecule has 1 heterocycles.